The van der Waals surface area contributed by atoms with E-state index in [2.05, 4.69) is 127 Å². The number of aromatic nitrogens is 4. The van der Waals surface area contributed by atoms with E-state index in [-0.39, 0.29) is 0 Å². The van der Waals surface area contributed by atoms with Crippen LogP contribution in [0.25, 0.3) is 105 Å². The van der Waals surface area contributed by atoms with E-state index in [1.165, 1.54) is 31.3 Å². The zero-order valence-electron chi connectivity index (χ0n) is 29.0. The fraction of sp³-hybridized carbons (Fsp3) is 0.0417. The zero-order valence-corrected chi connectivity index (χ0v) is 29.8. The molecule has 54 heavy (non-hydrogen) atoms. The first-order valence-corrected chi connectivity index (χ1v) is 19.0. The molecule has 11 rings (SSSR count). The minimum atomic E-state index is 0.619. The Hall–Kier alpha value is -6.76. The summed E-state index contributed by atoms with van der Waals surface area (Å²) in [6.07, 6.45) is 6.18. The lowest BCUT2D eigenvalue weighted by Crippen LogP contribution is -2.00. The second-order valence-corrected chi connectivity index (χ2v) is 14.7. The Labute approximate surface area is 315 Å². The van der Waals surface area contributed by atoms with Gasteiger partial charge in [-0.2, -0.15) is 0 Å². The monoisotopic (exact) mass is 710 g/mol. The average molecular weight is 711 g/mol. The summed E-state index contributed by atoms with van der Waals surface area (Å²) in [5.41, 5.74) is 10.1. The van der Waals surface area contributed by atoms with E-state index in [0.29, 0.717) is 17.5 Å². The van der Waals surface area contributed by atoms with Crippen LogP contribution in [-0.4, -0.2) is 19.9 Å². The molecule has 1 aliphatic carbocycles. The van der Waals surface area contributed by atoms with Crippen molar-refractivity contribution < 1.29 is 4.42 Å². The van der Waals surface area contributed by atoms with E-state index in [1.54, 1.807) is 0 Å². The predicted octanol–water partition coefficient (Wildman–Crippen LogP) is 12.8. The van der Waals surface area contributed by atoms with Gasteiger partial charge in [0.2, 0.25) is 0 Å². The topological polar surface area (TPSA) is 64.7 Å². The van der Waals surface area contributed by atoms with Gasteiger partial charge in [-0.1, -0.05) is 146 Å². The number of hydrogen-bond donors (Lipinski definition) is 0. The molecule has 4 heterocycles. The van der Waals surface area contributed by atoms with Crippen molar-refractivity contribution in [1.29, 1.82) is 0 Å². The number of hydrogen-bond acceptors (Lipinski definition) is 6. The lowest BCUT2D eigenvalue weighted by atomic mass is 9.99. The van der Waals surface area contributed by atoms with Crippen molar-refractivity contribution in [2.45, 2.75) is 12.8 Å². The quantitative estimate of drug-likeness (QED) is 0.178. The van der Waals surface area contributed by atoms with Crippen molar-refractivity contribution in [2.24, 2.45) is 0 Å². The van der Waals surface area contributed by atoms with Gasteiger partial charge in [0, 0.05) is 58.8 Å². The molecule has 0 saturated heterocycles. The Morgan fingerprint density at radius 3 is 1.81 bits per heavy atom. The minimum absolute atomic E-state index is 0.619. The van der Waals surface area contributed by atoms with Gasteiger partial charge in [-0.15, -0.1) is 11.3 Å². The van der Waals surface area contributed by atoms with E-state index in [0.717, 1.165) is 74.0 Å². The number of nitrogens with zero attached hydrogens (tertiary/aromatic N) is 4. The Balaban J connectivity index is 0.993. The number of rotatable bonds is 5. The maximum Gasteiger partial charge on any atom is 0.164 e. The Bertz CT molecular complexity index is 3090. The van der Waals surface area contributed by atoms with Gasteiger partial charge in [-0.3, -0.25) is 0 Å². The van der Waals surface area contributed by atoms with Gasteiger partial charge in [-0.05, 0) is 36.1 Å². The molecule has 0 amide bonds. The molecule has 0 radical (unpaired) electrons. The van der Waals surface area contributed by atoms with Crippen LogP contribution in [0.3, 0.4) is 0 Å². The van der Waals surface area contributed by atoms with Gasteiger partial charge in [0.25, 0.3) is 0 Å². The molecular formula is C48H30N4OS. The first-order chi connectivity index (χ1) is 26.7. The molecule has 0 atom stereocenters. The smallest absolute Gasteiger partial charge is 0.164 e. The van der Waals surface area contributed by atoms with E-state index < -0.39 is 0 Å². The third-order valence-electron chi connectivity index (χ3n) is 10.4. The van der Waals surface area contributed by atoms with Crippen LogP contribution in [0.5, 0.6) is 0 Å². The molecule has 0 bridgehead atoms. The number of fused-ring (bicyclic) bond motifs is 8. The van der Waals surface area contributed by atoms with E-state index in [1.807, 2.05) is 41.7 Å². The fourth-order valence-corrected chi connectivity index (χ4v) is 8.99. The lowest BCUT2D eigenvalue weighted by molar-refractivity contribution is 0.598. The number of allylic oxidation sites excluding steroid dienone is 1. The molecule has 6 aromatic carbocycles. The number of thiophene rings is 1. The maximum absolute atomic E-state index is 6.35. The summed E-state index contributed by atoms with van der Waals surface area (Å²) < 4.78 is 8.95. The molecule has 0 unspecified atom stereocenters. The molecule has 0 spiro atoms. The summed E-state index contributed by atoms with van der Waals surface area (Å²) in [6, 6.07) is 50.7. The highest BCUT2D eigenvalue weighted by Crippen LogP contribution is 2.41. The second kappa shape index (κ2) is 12.4. The molecule has 0 aliphatic heterocycles. The van der Waals surface area contributed by atoms with Crippen LogP contribution in [-0.2, 0) is 6.42 Å². The SMILES string of the molecule is C1=Cc2oc3c(nc(-c4ccc(-c5nc(-c6ccccc6)nc(-c6ccc(-c7cccc8c7sc7ccccc78)cc6)n5)cc4)c4ccccc43)c2CC1. The third-order valence-corrected chi connectivity index (χ3v) is 11.7. The van der Waals surface area contributed by atoms with Crippen molar-refractivity contribution in [1.82, 2.24) is 19.9 Å². The average Bonchev–Trinajstić information content (AvgIpc) is 3.83. The zero-order chi connectivity index (χ0) is 35.6. The van der Waals surface area contributed by atoms with Gasteiger partial charge in [0.05, 0.1) is 5.69 Å². The molecule has 0 fully saturated rings. The molecule has 1 aliphatic rings. The highest BCUT2D eigenvalue weighted by atomic mass is 32.1. The summed E-state index contributed by atoms with van der Waals surface area (Å²) >= 11 is 1.85. The molecular weight excluding hydrogens is 681 g/mol. The highest BCUT2D eigenvalue weighted by Gasteiger charge is 2.21. The third kappa shape index (κ3) is 5.06. The summed E-state index contributed by atoms with van der Waals surface area (Å²) in [5, 5.41) is 4.73. The van der Waals surface area contributed by atoms with Crippen LogP contribution in [0.1, 0.15) is 17.7 Å². The molecule has 5 nitrogen and oxygen atoms in total. The van der Waals surface area contributed by atoms with Crippen molar-refractivity contribution in [2.75, 3.05) is 0 Å². The molecule has 10 aromatic rings. The van der Waals surface area contributed by atoms with Crippen LogP contribution in [0.15, 0.2) is 156 Å². The summed E-state index contributed by atoms with van der Waals surface area (Å²) in [7, 11) is 0. The lowest BCUT2D eigenvalue weighted by Gasteiger charge is -2.11. The summed E-state index contributed by atoms with van der Waals surface area (Å²) in [5.74, 6) is 2.81. The van der Waals surface area contributed by atoms with Gasteiger partial charge in [0.1, 0.15) is 11.3 Å². The largest absolute Gasteiger partial charge is 0.454 e. The predicted molar refractivity (Wildman–Crippen MR) is 222 cm³/mol. The van der Waals surface area contributed by atoms with Gasteiger partial charge in [0.15, 0.2) is 23.1 Å². The van der Waals surface area contributed by atoms with E-state index in [4.69, 9.17) is 24.4 Å². The summed E-state index contributed by atoms with van der Waals surface area (Å²) in [4.78, 5) is 20.3. The number of aryl methyl sites for hydroxylation is 1. The maximum atomic E-state index is 6.35. The van der Waals surface area contributed by atoms with Crippen LogP contribution >= 0.6 is 11.3 Å². The minimum Gasteiger partial charge on any atom is -0.454 e. The molecule has 6 heteroatoms. The van der Waals surface area contributed by atoms with Crippen molar-refractivity contribution >= 4 is 59.5 Å². The van der Waals surface area contributed by atoms with E-state index >= 15 is 0 Å². The number of furan rings is 1. The Morgan fingerprint density at radius 2 is 1.07 bits per heavy atom. The Morgan fingerprint density at radius 1 is 0.481 bits per heavy atom. The van der Waals surface area contributed by atoms with Gasteiger partial charge < -0.3 is 4.42 Å². The molecule has 0 N–H and O–H groups in total. The molecule has 254 valence electrons. The summed E-state index contributed by atoms with van der Waals surface area (Å²) in [6.45, 7) is 0. The van der Waals surface area contributed by atoms with Crippen molar-refractivity contribution in [3.05, 3.63) is 163 Å². The van der Waals surface area contributed by atoms with Crippen LogP contribution in [0, 0.1) is 0 Å². The number of pyridine rings is 1. The second-order valence-electron chi connectivity index (χ2n) is 13.7. The van der Waals surface area contributed by atoms with Crippen molar-refractivity contribution in [3.63, 3.8) is 0 Å². The van der Waals surface area contributed by atoms with Crippen molar-refractivity contribution in [3.8, 4) is 56.5 Å². The standard InChI is InChI=1S/C48H30N4OS/c1-2-11-31(12-3-1)46-50-47(32-25-21-29(22-26-32)34-17-10-18-38-35-13-7-9-20-41(35)54-45(34)38)52-48(51-46)33-27-23-30(24-28-33)42-36-14-4-5-15-37(36)44-43(49-42)39-16-6-8-19-40(39)53-44/h1-5,7-15,17-28H,6,16H2. The van der Waals surface area contributed by atoms with Gasteiger partial charge >= 0.3 is 0 Å². The van der Waals surface area contributed by atoms with Crippen LogP contribution < -0.4 is 0 Å². The van der Waals surface area contributed by atoms with Crippen LogP contribution in [0.2, 0.25) is 0 Å². The number of benzene rings is 6. The Kier molecular flexibility index (Phi) is 7.10. The molecule has 0 saturated carbocycles. The first kappa shape index (κ1) is 30.8. The fourth-order valence-electron chi connectivity index (χ4n) is 7.75. The first-order valence-electron chi connectivity index (χ1n) is 18.2. The van der Waals surface area contributed by atoms with Crippen LogP contribution in [0.4, 0.5) is 0 Å². The normalized spacial score (nSPS) is 12.6. The van der Waals surface area contributed by atoms with Gasteiger partial charge in [-0.25, -0.2) is 19.9 Å². The van der Waals surface area contributed by atoms with E-state index in [9.17, 15) is 0 Å². The highest BCUT2D eigenvalue weighted by molar-refractivity contribution is 7.26. The molecule has 4 aromatic heterocycles.